The standard InChI is InChI=1S/C10H10IN3OS/c11-8-4-6(5-16-8)10-13-9(14-15-10)7-2-1-3-12-7/h4-5,7,12H,1-3H2. The van der Waals surface area contributed by atoms with Crippen LogP contribution in [0, 0.1) is 2.88 Å². The molecule has 0 amide bonds. The van der Waals surface area contributed by atoms with Crippen LogP contribution in [0.1, 0.15) is 24.7 Å². The molecule has 84 valence electrons. The van der Waals surface area contributed by atoms with E-state index in [1.165, 1.54) is 9.30 Å². The molecule has 0 spiro atoms. The second kappa shape index (κ2) is 4.42. The second-order valence-electron chi connectivity index (χ2n) is 3.75. The van der Waals surface area contributed by atoms with Gasteiger partial charge in [0.15, 0.2) is 5.82 Å². The van der Waals surface area contributed by atoms with Crippen LogP contribution in [-0.2, 0) is 0 Å². The van der Waals surface area contributed by atoms with Crippen molar-refractivity contribution >= 4 is 33.9 Å². The lowest BCUT2D eigenvalue weighted by Gasteiger charge is -2.01. The first-order valence-corrected chi connectivity index (χ1v) is 7.10. The molecular weight excluding hydrogens is 337 g/mol. The average molecular weight is 347 g/mol. The third kappa shape index (κ3) is 2.01. The van der Waals surface area contributed by atoms with Gasteiger partial charge in [0.2, 0.25) is 0 Å². The third-order valence-electron chi connectivity index (χ3n) is 2.63. The van der Waals surface area contributed by atoms with Crippen LogP contribution in [0.5, 0.6) is 0 Å². The highest BCUT2D eigenvalue weighted by molar-refractivity contribution is 14.1. The summed E-state index contributed by atoms with van der Waals surface area (Å²) in [6.45, 7) is 1.05. The maximum Gasteiger partial charge on any atom is 0.258 e. The van der Waals surface area contributed by atoms with Gasteiger partial charge in [-0.15, -0.1) is 11.3 Å². The summed E-state index contributed by atoms with van der Waals surface area (Å²) in [5.74, 6) is 1.41. The molecule has 0 aromatic carbocycles. The Balaban J connectivity index is 1.87. The Morgan fingerprint density at radius 3 is 3.19 bits per heavy atom. The number of hydrogen-bond donors (Lipinski definition) is 1. The molecule has 6 heteroatoms. The Hall–Kier alpha value is -0.470. The molecule has 1 N–H and O–H groups in total. The van der Waals surface area contributed by atoms with Crippen molar-refractivity contribution in [3.05, 3.63) is 20.2 Å². The number of hydrogen-bond acceptors (Lipinski definition) is 5. The third-order valence-corrected chi connectivity index (χ3v) is 4.42. The molecule has 3 heterocycles. The zero-order valence-corrected chi connectivity index (χ0v) is 11.4. The summed E-state index contributed by atoms with van der Waals surface area (Å²) >= 11 is 3.97. The number of nitrogens with one attached hydrogen (secondary N) is 1. The summed E-state index contributed by atoms with van der Waals surface area (Å²) in [5.41, 5.74) is 1.02. The van der Waals surface area contributed by atoms with Crippen LogP contribution >= 0.6 is 33.9 Å². The number of nitrogens with zero attached hydrogens (tertiary/aromatic N) is 2. The maximum absolute atomic E-state index is 5.28. The van der Waals surface area contributed by atoms with Crippen LogP contribution in [0.4, 0.5) is 0 Å². The van der Waals surface area contributed by atoms with Gasteiger partial charge in [-0.2, -0.15) is 4.98 Å². The minimum atomic E-state index is 0.273. The van der Waals surface area contributed by atoms with E-state index < -0.39 is 0 Å². The molecule has 3 rings (SSSR count). The SMILES string of the molecule is Ic1cc(-c2nc(C3CCCN3)no2)cs1. The minimum absolute atomic E-state index is 0.273. The fourth-order valence-corrected chi connectivity index (χ4v) is 3.14. The Morgan fingerprint density at radius 2 is 2.50 bits per heavy atom. The first kappa shape index (κ1) is 10.7. The molecule has 4 nitrogen and oxygen atoms in total. The van der Waals surface area contributed by atoms with E-state index in [0.717, 1.165) is 24.4 Å². The molecule has 0 radical (unpaired) electrons. The highest BCUT2D eigenvalue weighted by atomic mass is 127. The van der Waals surface area contributed by atoms with Crippen LogP contribution in [0.15, 0.2) is 16.0 Å². The molecule has 2 aromatic rings. The molecule has 16 heavy (non-hydrogen) atoms. The van der Waals surface area contributed by atoms with Gasteiger partial charge in [0, 0.05) is 5.38 Å². The molecule has 1 atom stereocenters. The van der Waals surface area contributed by atoms with Gasteiger partial charge in [0.1, 0.15) is 0 Å². The lowest BCUT2D eigenvalue weighted by atomic mass is 10.2. The predicted molar refractivity (Wildman–Crippen MR) is 70.3 cm³/mol. The molecule has 0 bridgehead atoms. The average Bonchev–Trinajstić information content (AvgIpc) is 2.97. The lowest BCUT2D eigenvalue weighted by molar-refractivity contribution is 0.412. The number of aromatic nitrogens is 2. The van der Waals surface area contributed by atoms with Crippen LogP contribution in [0.2, 0.25) is 0 Å². The van der Waals surface area contributed by atoms with E-state index in [9.17, 15) is 0 Å². The highest BCUT2D eigenvalue weighted by Crippen LogP contribution is 2.27. The Labute approximate surface area is 111 Å². The van der Waals surface area contributed by atoms with Gasteiger partial charge in [-0.3, -0.25) is 0 Å². The van der Waals surface area contributed by atoms with Crippen LogP contribution in [0.25, 0.3) is 11.5 Å². The van der Waals surface area contributed by atoms with Gasteiger partial charge < -0.3 is 9.84 Å². The van der Waals surface area contributed by atoms with Crippen LogP contribution in [-0.4, -0.2) is 16.7 Å². The molecule has 2 aromatic heterocycles. The molecular formula is C10H10IN3OS. The monoisotopic (exact) mass is 347 g/mol. The van der Waals surface area contributed by atoms with Gasteiger partial charge in [0.05, 0.1) is 14.5 Å². The number of thiophene rings is 1. The Bertz CT molecular complexity index is 490. The van der Waals surface area contributed by atoms with Crippen molar-refractivity contribution < 1.29 is 4.52 Å². The zero-order valence-electron chi connectivity index (χ0n) is 8.44. The predicted octanol–water partition coefficient (Wildman–Crippen LogP) is 2.83. The van der Waals surface area contributed by atoms with E-state index in [1.54, 1.807) is 11.3 Å². The van der Waals surface area contributed by atoms with Gasteiger partial charge in [-0.1, -0.05) is 5.16 Å². The van der Waals surface area contributed by atoms with Crippen molar-refractivity contribution in [1.82, 2.24) is 15.5 Å². The van der Waals surface area contributed by atoms with E-state index >= 15 is 0 Å². The molecule has 0 saturated carbocycles. The van der Waals surface area contributed by atoms with E-state index in [1.807, 2.05) is 5.38 Å². The first-order valence-electron chi connectivity index (χ1n) is 5.14. The van der Waals surface area contributed by atoms with E-state index in [2.05, 4.69) is 44.1 Å². The van der Waals surface area contributed by atoms with Gasteiger partial charge in [0.25, 0.3) is 5.89 Å². The van der Waals surface area contributed by atoms with E-state index in [4.69, 9.17) is 4.52 Å². The number of rotatable bonds is 2. The number of halogens is 1. The molecule has 1 aliphatic rings. The molecule has 1 aliphatic heterocycles. The quantitative estimate of drug-likeness (QED) is 0.849. The first-order chi connectivity index (χ1) is 7.83. The molecule has 1 fully saturated rings. The highest BCUT2D eigenvalue weighted by Gasteiger charge is 2.22. The van der Waals surface area contributed by atoms with Gasteiger partial charge >= 0.3 is 0 Å². The summed E-state index contributed by atoms with van der Waals surface area (Å²) in [6, 6.07) is 2.33. The smallest absolute Gasteiger partial charge is 0.258 e. The van der Waals surface area contributed by atoms with Crippen molar-refractivity contribution in [1.29, 1.82) is 0 Å². The van der Waals surface area contributed by atoms with Gasteiger partial charge in [-0.25, -0.2) is 0 Å². The summed E-state index contributed by atoms with van der Waals surface area (Å²) < 4.78 is 6.51. The van der Waals surface area contributed by atoms with Gasteiger partial charge in [-0.05, 0) is 48.0 Å². The Morgan fingerprint density at radius 1 is 1.56 bits per heavy atom. The maximum atomic E-state index is 5.28. The fourth-order valence-electron chi connectivity index (χ4n) is 1.82. The summed E-state index contributed by atoms with van der Waals surface area (Å²) in [4.78, 5) is 4.44. The summed E-state index contributed by atoms with van der Waals surface area (Å²) in [7, 11) is 0. The van der Waals surface area contributed by atoms with Crippen LogP contribution in [0.3, 0.4) is 0 Å². The normalized spacial score (nSPS) is 20.4. The van der Waals surface area contributed by atoms with Crippen LogP contribution < -0.4 is 5.32 Å². The van der Waals surface area contributed by atoms with Crippen molar-refractivity contribution in [2.45, 2.75) is 18.9 Å². The van der Waals surface area contributed by atoms with E-state index in [0.29, 0.717) is 5.89 Å². The fraction of sp³-hybridized carbons (Fsp3) is 0.400. The molecule has 1 saturated heterocycles. The minimum Gasteiger partial charge on any atom is -0.334 e. The van der Waals surface area contributed by atoms with Crippen molar-refractivity contribution in [2.75, 3.05) is 6.54 Å². The van der Waals surface area contributed by atoms with E-state index in [-0.39, 0.29) is 6.04 Å². The summed E-state index contributed by atoms with van der Waals surface area (Å²) in [5, 5.41) is 9.44. The van der Waals surface area contributed by atoms with Crippen molar-refractivity contribution in [3.63, 3.8) is 0 Å². The topological polar surface area (TPSA) is 51.0 Å². The largest absolute Gasteiger partial charge is 0.334 e. The second-order valence-corrected chi connectivity index (χ2v) is 6.55. The molecule has 1 unspecified atom stereocenters. The Kier molecular flexibility index (Phi) is 2.95. The molecule has 0 aliphatic carbocycles. The lowest BCUT2D eigenvalue weighted by Crippen LogP contribution is -2.14. The van der Waals surface area contributed by atoms with Crippen molar-refractivity contribution in [2.24, 2.45) is 0 Å². The van der Waals surface area contributed by atoms with Crippen molar-refractivity contribution in [3.8, 4) is 11.5 Å². The summed E-state index contributed by atoms with van der Waals surface area (Å²) in [6.07, 6.45) is 2.28. The zero-order chi connectivity index (χ0) is 11.0.